The van der Waals surface area contributed by atoms with Crippen LogP contribution in [0.15, 0.2) is 23.0 Å². The minimum atomic E-state index is -0.227. The van der Waals surface area contributed by atoms with Crippen LogP contribution in [-0.2, 0) is 33.2 Å². The summed E-state index contributed by atoms with van der Waals surface area (Å²) >= 11 is 0. The minimum Gasteiger partial charge on any atom is -0.497 e. The molecule has 0 aliphatic rings. The molecule has 0 aromatic heterocycles. The van der Waals surface area contributed by atoms with Crippen molar-refractivity contribution in [1.82, 2.24) is 0 Å². The van der Waals surface area contributed by atoms with Crippen molar-refractivity contribution < 1.29 is 33.2 Å². The van der Waals surface area contributed by atoms with Gasteiger partial charge in [-0.3, -0.25) is 0 Å². The van der Waals surface area contributed by atoms with Gasteiger partial charge in [-0.15, -0.1) is 0 Å². The Labute approximate surface area is 304 Å². The molecule has 7 heteroatoms. The van der Waals surface area contributed by atoms with E-state index in [4.69, 9.17) is 33.2 Å². The summed E-state index contributed by atoms with van der Waals surface area (Å²) in [6, 6.07) is 0. The molecule has 0 saturated carbocycles. The topological polar surface area (TPSA) is 64.6 Å². The molecule has 0 aliphatic heterocycles. The van der Waals surface area contributed by atoms with Gasteiger partial charge in [0.15, 0.2) is 25.1 Å². The minimum absolute atomic E-state index is 0.105. The fourth-order valence-corrected chi connectivity index (χ4v) is 6.45. The lowest BCUT2D eigenvalue weighted by Crippen LogP contribution is -2.24. The smallest absolute Gasteiger partial charge is 0.162 e. The summed E-state index contributed by atoms with van der Waals surface area (Å²) in [6.45, 7) is 9.06. The zero-order valence-corrected chi connectivity index (χ0v) is 33.8. The largest absolute Gasteiger partial charge is 0.497 e. The summed E-state index contributed by atoms with van der Waals surface area (Å²) in [5, 5.41) is 0. The van der Waals surface area contributed by atoms with Crippen LogP contribution in [0.4, 0.5) is 0 Å². The van der Waals surface area contributed by atoms with Crippen LogP contribution in [-0.4, -0.2) is 54.2 Å². The fourth-order valence-electron chi connectivity index (χ4n) is 6.45. The van der Waals surface area contributed by atoms with E-state index in [9.17, 15) is 0 Å². The molecule has 49 heavy (non-hydrogen) atoms. The predicted molar refractivity (Wildman–Crippen MR) is 205 cm³/mol. The monoisotopic (exact) mass is 699 g/mol. The van der Waals surface area contributed by atoms with E-state index >= 15 is 0 Å². The molecule has 0 radical (unpaired) electrons. The van der Waals surface area contributed by atoms with Crippen LogP contribution in [0.3, 0.4) is 0 Å². The van der Waals surface area contributed by atoms with Gasteiger partial charge < -0.3 is 33.2 Å². The second-order valence-electron chi connectivity index (χ2n) is 13.6. The van der Waals surface area contributed by atoms with Gasteiger partial charge in [0.25, 0.3) is 0 Å². The highest BCUT2D eigenvalue weighted by molar-refractivity contribution is 5.08. The van der Waals surface area contributed by atoms with Gasteiger partial charge in [-0.2, -0.15) is 0 Å². The lowest BCUT2D eigenvalue weighted by atomic mass is 10.0. The van der Waals surface area contributed by atoms with Crippen molar-refractivity contribution in [3.8, 4) is 0 Å². The Kier molecular flexibility index (Phi) is 35.3. The van der Waals surface area contributed by atoms with Crippen molar-refractivity contribution in [3.05, 3.63) is 23.0 Å². The summed E-state index contributed by atoms with van der Waals surface area (Å²) in [7, 11) is 6.88. The summed E-state index contributed by atoms with van der Waals surface area (Å²) in [5.41, 5.74) is 0. The molecule has 0 heterocycles. The average Bonchev–Trinajstić information content (AvgIpc) is 3.11. The Balaban J connectivity index is 4.83. The number of methoxy groups -OCH3 is 4. The van der Waals surface area contributed by atoms with Gasteiger partial charge in [0.05, 0.1) is 28.4 Å². The molecular formula is C42H82O7. The zero-order valence-electron chi connectivity index (χ0n) is 33.8. The van der Waals surface area contributed by atoms with E-state index in [1.165, 1.54) is 116 Å². The van der Waals surface area contributed by atoms with Crippen LogP contribution in [0.1, 0.15) is 195 Å². The molecule has 7 nitrogen and oxygen atoms in total. The highest BCUT2D eigenvalue weighted by Crippen LogP contribution is 2.25. The summed E-state index contributed by atoms with van der Waals surface area (Å²) in [4.78, 5) is 0. The first-order chi connectivity index (χ1) is 24.1. The van der Waals surface area contributed by atoms with Gasteiger partial charge in [-0.1, -0.05) is 156 Å². The zero-order chi connectivity index (χ0) is 36.2. The molecule has 0 bridgehead atoms. The van der Waals surface area contributed by atoms with Crippen molar-refractivity contribution in [1.29, 1.82) is 0 Å². The number of ether oxygens (including phenoxy) is 7. The van der Waals surface area contributed by atoms with E-state index in [2.05, 4.69) is 27.7 Å². The standard InChI is InChI=1S/C42H82O7/c1-9-13-15-17-19-21-23-25-27-29-33-37(43-5)41(45-7)39(31-11-3)48-35-47-36-49-40(32-12-4)42(46-8)38(44-6)34-30-28-26-24-22-20-18-16-14-10-2/h39-40H,9-36H2,1-8H3. The molecule has 2 unspecified atom stereocenters. The third-order valence-corrected chi connectivity index (χ3v) is 9.39. The quantitative estimate of drug-likeness (QED) is 0.0361. The first-order valence-corrected chi connectivity index (χ1v) is 20.5. The number of unbranched alkanes of at least 4 members (excludes halogenated alkanes) is 18. The molecule has 0 aliphatic carbocycles. The molecule has 0 rings (SSSR count). The summed E-state index contributed by atoms with van der Waals surface area (Å²) < 4.78 is 41.6. The van der Waals surface area contributed by atoms with Gasteiger partial charge in [0.2, 0.25) is 0 Å². The first kappa shape index (κ1) is 47.6. The lowest BCUT2D eigenvalue weighted by molar-refractivity contribution is -0.165. The Morgan fingerprint density at radius 1 is 0.367 bits per heavy atom. The molecule has 292 valence electrons. The van der Waals surface area contributed by atoms with Gasteiger partial charge in [-0.25, -0.2) is 0 Å². The van der Waals surface area contributed by atoms with Crippen LogP contribution in [0.25, 0.3) is 0 Å². The Morgan fingerprint density at radius 2 is 0.673 bits per heavy atom. The van der Waals surface area contributed by atoms with E-state index in [0.717, 1.165) is 74.4 Å². The van der Waals surface area contributed by atoms with E-state index in [1.807, 2.05) is 0 Å². The maximum Gasteiger partial charge on any atom is 0.162 e. The van der Waals surface area contributed by atoms with Crippen LogP contribution in [0.5, 0.6) is 0 Å². The maximum atomic E-state index is 6.20. The second kappa shape index (κ2) is 36.4. The number of hydrogen-bond acceptors (Lipinski definition) is 7. The van der Waals surface area contributed by atoms with Gasteiger partial charge >= 0.3 is 0 Å². The summed E-state index contributed by atoms with van der Waals surface area (Å²) in [5.74, 6) is 3.30. The third-order valence-electron chi connectivity index (χ3n) is 9.39. The fraction of sp³-hybridized carbons (Fsp3) is 0.905. The van der Waals surface area contributed by atoms with Gasteiger partial charge in [-0.05, 0) is 25.7 Å². The summed E-state index contributed by atoms with van der Waals surface area (Å²) in [6.07, 6.45) is 31.0. The molecule has 0 fully saturated rings. The molecule has 0 aromatic rings. The van der Waals surface area contributed by atoms with Crippen LogP contribution in [0, 0.1) is 0 Å². The van der Waals surface area contributed by atoms with Crippen molar-refractivity contribution in [2.75, 3.05) is 42.0 Å². The molecule has 0 saturated heterocycles. The molecule has 0 aromatic carbocycles. The van der Waals surface area contributed by atoms with Crippen LogP contribution < -0.4 is 0 Å². The van der Waals surface area contributed by atoms with E-state index in [1.54, 1.807) is 28.4 Å². The Hall–Kier alpha value is -1.44. The molecule has 2 atom stereocenters. The third kappa shape index (κ3) is 25.2. The molecule has 0 spiro atoms. The maximum absolute atomic E-state index is 6.20. The van der Waals surface area contributed by atoms with Crippen LogP contribution in [0.2, 0.25) is 0 Å². The highest BCUT2D eigenvalue weighted by atomic mass is 16.7. The Morgan fingerprint density at radius 3 is 0.939 bits per heavy atom. The molecular weight excluding hydrogens is 616 g/mol. The number of hydrogen-bond donors (Lipinski definition) is 0. The van der Waals surface area contributed by atoms with E-state index < -0.39 is 0 Å². The SMILES string of the molecule is CCCCCCCCCCCCC(OC)=C(OC)C(CCC)OCOCOC(CCC)C(OC)=C(CCCCCCCCCCCC)OC. The highest BCUT2D eigenvalue weighted by Gasteiger charge is 2.23. The predicted octanol–water partition coefficient (Wildman–Crippen LogP) is 12.9. The van der Waals surface area contributed by atoms with Crippen LogP contribution >= 0.6 is 0 Å². The van der Waals surface area contributed by atoms with Gasteiger partial charge in [0, 0.05) is 12.8 Å². The molecule has 0 N–H and O–H groups in total. The van der Waals surface area contributed by atoms with E-state index in [0.29, 0.717) is 0 Å². The normalized spacial score (nSPS) is 13.9. The van der Waals surface area contributed by atoms with E-state index in [-0.39, 0.29) is 25.8 Å². The van der Waals surface area contributed by atoms with Crippen molar-refractivity contribution in [2.24, 2.45) is 0 Å². The Bertz CT molecular complexity index is 704. The van der Waals surface area contributed by atoms with Gasteiger partial charge in [0.1, 0.15) is 23.7 Å². The van der Waals surface area contributed by atoms with Crippen molar-refractivity contribution >= 4 is 0 Å². The number of allylic oxidation sites excluding steroid dienone is 2. The second-order valence-corrected chi connectivity index (χ2v) is 13.6. The van der Waals surface area contributed by atoms with Crippen molar-refractivity contribution in [3.63, 3.8) is 0 Å². The number of rotatable bonds is 38. The average molecular weight is 699 g/mol. The molecule has 0 amide bonds. The lowest BCUT2D eigenvalue weighted by Gasteiger charge is -2.24. The first-order valence-electron chi connectivity index (χ1n) is 20.5. The van der Waals surface area contributed by atoms with Crippen molar-refractivity contribution in [2.45, 2.75) is 207 Å².